The van der Waals surface area contributed by atoms with Gasteiger partial charge in [0.25, 0.3) is 0 Å². The van der Waals surface area contributed by atoms with Crippen LogP contribution in [0.15, 0.2) is 18.2 Å². The number of carboxylic acid groups (broad SMARTS) is 1. The Labute approximate surface area is 134 Å². The number of rotatable bonds is 4. The molecule has 0 radical (unpaired) electrons. The minimum atomic E-state index is -0.675. The number of aliphatic carboxylic acids is 1. The van der Waals surface area contributed by atoms with Gasteiger partial charge in [0.2, 0.25) is 0 Å². The van der Waals surface area contributed by atoms with Gasteiger partial charge in [-0.05, 0) is 55.4 Å². The molecule has 0 amide bonds. The Hall–Kier alpha value is -0.770. The quantitative estimate of drug-likeness (QED) is 0.900. The van der Waals surface area contributed by atoms with E-state index in [0.29, 0.717) is 29.4 Å². The molecule has 3 rings (SSSR count). The average Bonchev–Trinajstić information content (AvgIpc) is 2.65. The minimum Gasteiger partial charge on any atom is -0.481 e. The third kappa shape index (κ3) is 3.36. The zero-order valence-corrected chi connectivity index (χ0v) is 13.3. The van der Waals surface area contributed by atoms with Gasteiger partial charge in [-0.2, -0.15) is 0 Å². The van der Waals surface area contributed by atoms with E-state index in [4.69, 9.17) is 28.3 Å². The van der Waals surface area contributed by atoms with Crippen LogP contribution in [0.4, 0.5) is 0 Å². The van der Waals surface area contributed by atoms with Gasteiger partial charge in [-0.1, -0.05) is 23.2 Å². The van der Waals surface area contributed by atoms with Gasteiger partial charge < -0.3 is 5.11 Å². The summed E-state index contributed by atoms with van der Waals surface area (Å²) in [6.07, 6.45) is 4.61. The number of hydrogen-bond acceptors (Lipinski definition) is 2. The van der Waals surface area contributed by atoms with Gasteiger partial charge in [-0.15, -0.1) is 0 Å². The number of piperidine rings is 1. The van der Waals surface area contributed by atoms with E-state index >= 15 is 0 Å². The summed E-state index contributed by atoms with van der Waals surface area (Å²) in [6, 6.07) is 6.57. The molecule has 0 spiro atoms. The van der Waals surface area contributed by atoms with E-state index in [2.05, 4.69) is 4.90 Å². The Kier molecular flexibility index (Phi) is 4.43. The Morgan fingerprint density at radius 1 is 1.24 bits per heavy atom. The summed E-state index contributed by atoms with van der Waals surface area (Å²) in [5, 5.41) is 10.4. The van der Waals surface area contributed by atoms with Gasteiger partial charge in [-0.25, -0.2) is 0 Å². The lowest BCUT2D eigenvalue weighted by Crippen LogP contribution is -2.42. The number of halogens is 2. The molecular formula is C16H19Cl2NO2. The number of carboxylic acids is 1. The maximum absolute atomic E-state index is 10.9. The van der Waals surface area contributed by atoms with Gasteiger partial charge >= 0.3 is 5.97 Å². The molecule has 2 aliphatic rings. The van der Waals surface area contributed by atoms with Gasteiger partial charge in [-0.3, -0.25) is 9.69 Å². The van der Waals surface area contributed by atoms with Crippen LogP contribution >= 0.6 is 23.2 Å². The normalized spacial score (nSPS) is 28.8. The molecule has 1 aromatic rings. The topological polar surface area (TPSA) is 40.5 Å². The molecule has 0 saturated carbocycles. The zero-order valence-electron chi connectivity index (χ0n) is 11.8. The van der Waals surface area contributed by atoms with Crippen LogP contribution in [0.1, 0.15) is 37.7 Å². The Morgan fingerprint density at radius 3 is 2.52 bits per heavy atom. The van der Waals surface area contributed by atoms with Crippen molar-refractivity contribution in [2.75, 3.05) is 0 Å². The lowest BCUT2D eigenvalue weighted by atomic mass is 9.88. The Bertz CT molecular complexity index is 535. The van der Waals surface area contributed by atoms with Crippen LogP contribution in [0.2, 0.25) is 10.0 Å². The summed E-state index contributed by atoms with van der Waals surface area (Å²) < 4.78 is 0. The summed E-state index contributed by atoms with van der Waals surface area (Å²) in [4.78, 5) is 13.4. The maximum Gasteiger partial charge on any atom is 0.303 e. The number of benzene rings is 1. The predicted octanol–water partition coefficient (Wildman–Crippen LogP) is 4.21. The second-order valence-corrected chi connectivity index (χ2v) is 7.07. The molecule has 5 heteroatoms. The molecule has 2 saturated heterocycles. The van der Waals surface area contributed by atoms with Crippen molar-refractivity contribution in [1.29, 1.82) is 0 Å². The molecule has 2 atom stereocenters. The highest BCUT2D eigenvalue weighted by Crippen LogP contribution is 2.41. The highest BCUT2D eigenvalue weighted by atomic mass is 35.5. The van der Waals surface area contributed by atoms with Crippen molar-refractivity contribution < 1.29 is 9.90 Å². The van der Waals surface area contributed by atoms with Crippen LogP contribution in [0.25, 0.3) is 0 Å². The third-order valence-corrected chi connectivity index (χ3v) is 5.41. The Morgan fingerprint density at radius 2 is 1.90 bits per heavy atom. The van der Waals surface area contributed by atoms with Crippen molar-refractivity contribution in [3.05, 3.63) is 33.8 Å². The molecular weight excluding hydrogens is 309 g/mol. The van der Waals surface area contributed by atoms with E-state index in [1.54, 1.807) is 6.07 Å². The molecule has 0 aliphatic carbocycles. The predicted molar refractivity (Wildman–Crippen MR) is 83.8 cm³/mol. The molecule has 3 nitrogen and oxygen atoms in total. The summed E-state index contributed by atoms with van der Waals surface area (Å²) in [5.41, 5.74) is 1.07. The fourth-order valence-corrected chi connectivity index (χ4v) is 4.29. The van der Waals surface area contributed by atoms with Gasteiger partial charge in [0, 0.05) is 35.1 Å². The lowest BCUT2D eigenvalue weighted by Gasteiger charge is -2.38. The lowest BCUT2D eigenvalue weighted by molar-refractivity contribution is -0.138. The van der Waals surface area contributed by atoms with Crippen LogP contribution in [-0.4, -0.2) is 28.1 Å². The zero-order chi connectivity index (χ0) is 15.0. The highest BCUT2D eigenvalue weighted by molar-refractivity contribution is 6.33. The van der Waals surface area contributed by atoms with E-state index in [1.165, 1.54) is 12.8 Å². The average molecular weight is 328 g/mol. The summed E-state index contributed by atoms with van der Waals surface area (Å²) in [5.74, 6) is -0.350. The van der Waals surface area contributed by atoms with E-state index in [1.807, 2.05) is 12.1 Å². The smallest absolute Gasteiger partial charge is 0.303 e. The van der Waals surface area contributed by atoms with Crippen LogP contribution in [0.5, 0.6) is 0 Å². The first-order chi connectivity index (χ1) is 10.0. The second kappa shape index (κ2) is 6.15. The summed E-state index contributed by atoms with van der Waals surface area (Å²) in [6.45, 7) is 0.814. The van der Waals surface area contributed by atoms with Gasteiger partial charge in [0.15, 0.2) is 0 Å². The number of hydrogen-bond donors (Lipinski definition) is 1. The van der Waals surface area contributed by atoms with E-state index in [-0.39, 0.29) is 0 Å². The molecule has 21 heavy (non-hydrogen) atoms. The van der Waals surface area contributed by atoms with E-state index in [0.717, 1.165) is 30.0 Å². The van der Waals surface area contributed by atoms with Gasteiger partial charge in [0.05, 0.1) is 0 Å². The van der Waals surface area contributed by atoms with E-state index in [9.17, 15) is 4.79 Å². The molecule has 2 heterocycles. The number of nitrogens with zero attached hydrogens (tertiary/aromatic N) is 1. The monoisotopic (exact) mass is 327 g/mol. The van der Waals surface area contributed by atoms with Crippen molar-refractivity contribution in [2.24, 2.45) is 5.92 Å². The molecule has 2 fully saturated rings. The molecule has 2 bridgehead atoms. The first-order valence-electron chi connectivity index (χ1n) is 7.44. The summed E-state index contributed by atoms with van der Waals surface area (Å²) in [7, 11) is 0. The maximum atomic E-state index is 10.9. The van der Waals surface area contributed by atoms with Crippen molar-refractivity contribution in [1.82, 2.24) is 4.90 Å². The first kappa shape index (κ1) is 15.1. The van der Waals surface area contributed by atoms with E-state index < -0.39 is 5.97 Å². The minimum absolute atomic E-state index is 0.304. The third-order valence-electron chi connectivity index (χ3n) is 4.81. The van der Waals surface area contributed by atoms with Crippen molar-refractivity contribution >= 4 is 29.2 Å². The molecule has 0 aromatic heterocycles. The molecule has 114 valence electrons. The van der Waals surface area contributed by atoms with Crippen molar-refractivity contribution in [3.8, 4) is 0 Å². The number of fused-ring (bicyclic) bond motifs is 2. The SMILES string of the molecule is O=C(O)CC1CC2CCC(C1)N2Cc1cc(Cl)ccc1Cl. The molecule has 2 aliphatic heterocycles. The highest BCUT2D eigenvalue weighted by Gasteiger charge is 2.41. The first-order valence-corrected chi connectivity index (χ1v) is 8.20. The van der Waals surface area contributed by atoms with Crippen LogP contribution in [0, 0.1) is 5.92 Å². The van der Waals surface area contributed by atoms with Crippen molar-refractivity contribution in [2.45, 2.75) is 50.7 Å². The van der Waals surface area contributed by atoms with Crippen LogP contribution in [-0.2, 0) is 11.3 Å². The van der Waals surface area contributed by atoms with Crippen LogP contribution < -0.4 is 0 Å². The van der Waals surface area contributed by atoms with Gasteiger partial charge in [0.1, 0.15) is 0 Å². The molecule has 1 N–H and O–H groups in total. The Balaban J connectivity index is 1.71. The fourth-order valence-electron chi connectivity index (χ4n) is 3.92. The molecule has 1 aromatic carbocycles. The van der Waals surface area contributed by atoms with Crippen molar-refractivity contribution in [3.63, 3.8) is 0 Å². The molecule has 2 unspecified atom stereocenters. The second-order valence-electron chi connectivity index (χ2n) is 6.23. The fraction of sp³-hybridized carbons (Fsp3) is 0.562. The number of carbonyl (C=O) groups is 1. The standard InChI is InChI=1S/C16H19Cl2NO2/c17-12-1-4-15(18)11(8-12)9-19-13-2-3-14(19)6-10(5-13)7-16(20)21/h1,4,8,10,13-14H,2-3,5-7,9H2,(H,20,21). The van der Waals surface area contributed by atoms with Crippen LogP contribution in [0.3, 0.4) is 0 Å². The summed E-state index contributed by atoms with van der Waals surface area (Å²) >= 11 is 12.3. The largest absolute Gasteiger partial charge is 0.481 e.